The summed E-state index contributed by atoms with van der Waals surface area (Å²) in [6, 6.07) is 28.6. The van der Waals surface area contributed by atoms with Crippen LogP contribution in [0.1, 0.15) is 54.1 Å². The first-order valence-electron chi connectivity index (χ1n) is 16.7. The van der Waals surface area contributed by atoms with Crippen molar-refractivity contribution in [3.8, 4) is 46.0 Å². The van der Waals surface area contributed by atoms with Crippen molar-refractivity contribution < 1.29 is 49.0 Å². The normalized spacial score (nSPS) is 14.9. The van der Waals surface area contributed by atoms with E-state index >= 15 is 0 Å². The number of phenolic OH excluding ortho intramolecular Hbond substituents is 4. The number of ether oxygens (including phenoxy) is 4. The van der Waals surface area contributed by atoms with Crippen molar-refractivity contribution >= 4 is 58.1 Å². The van der Waals surface area contributed by atoms with E-state index in [1.54, 1.807) is 60.7 Å². The van der Waals surface area contributed by atoms with Crippen LogP contribution in [-0.2, 0) is 20.7 Å². The maximum absolute atomic E-state index is 12.8. The Hall–Kier alpha value is -7.34. The van der Waals surface area contributed by atoms with Gasteiger partial charge in [0, 0.05) is 57.6 Å². The Balaban J connectivity index is 0.000000146. The molecule has 0 saturated carbocycles. The van der Waals surface area contributed by atoms with Gasteiger partial charge in [-0.05, 0) is 97.2 Å². The molecule has 0 atom stereocenters. The van der Waals surface area contributed by atoms with Crippen LogP contribution in [0.4, 0.5) is 11.4 Å². The maximum Gasteiger partial charge on any atom is 0.340 e. The first-order chi connectivity index (χ1) is 27.0. The summed E-state index contributed by atoms with van der Waals surface area (Å²) in [7, 11) is 0. The summed E-state index contributed by atoms with van der Waals surface area (Å²) in [4.78, 5) is 33.5. The lowest BCUT2D eigenvalue weighted by Crippen LogP contribution is -2.32. The molecule has 0 aromatic heterocycles. The Morgan fingerprint density at radius 3 is 1.05 bits per heavy atom. The van der Waals surface area contributed by atoms with Gasteiger partial charge < -0.3 is 39.4 Å². The third kappa shape index (κ3) is 5.06. The van der Waals surface area contributed by atoms with Crippen LogP contribution in [0, 0.1) is 0 Å². The van der Waals surface area contributed by atoms with Crippen LogP contribution in [0.3, 0.4) is 0 Å². The molecule has 0 bridgehead atoms. The molecule has 0 fully saturated rings. The van der Waals surface area contributed by atoms with Gasteiger partial charge >= 0.3 is 11.9 Å². The fourth-order valence-electron chi connectivity index (χ4n) is 7.63. The van der Waals surface area contributed by atoms with Gasteiger partial charge in [-0.15, -0.1) is 0 Å². The highest BCUT2D eigenvalue weighted by atomic mass is 32.1. The minimum atomic E-state index is -1.27. The van der Waals surface area contributed by atoms with E-state index in [1.165, 1.54) is 48.5 Å². The number of nitrogens with zero attached hydrogens (tertiary/aromatic N) is 2. The topological polar surface area (TPSA) is 177 Å². The van der Waals surface area contributed by atoms with E-state index in [0.717, 1.165) is 0 Å². The van der Waals surface area contributed by atoms with Crippen molar-refractivity contribution in [3.63, 3.8) is 0 Å². The molecule has 272 valence electrons. The molecule has 6 aromatic rings. The van der Waals surface area contributed by atoms with Gasteiger partial charge in [0.15, 0.2) is 11.2 Å². The molecule has 6 aromatic carbocycles. The predicted molar refractivity (Wildman–Crippen MR) is 205 cm³/mol. The summed E-state index contributed by atoms with van der Waals surface area (Å²) in [5.74, 6) is 0.326. The number of carbonyl (C=O) groups excluding carboxylic acids is 2. The molecule has 14 heteroatoms. The number of isothiocyanates is 2. The molecule has 0 radical (unpaired) electrons. The molecular formula is C42H22N2O10S2. The SMILES string of the molecule is O=C1OC2(c3ccc(O)cc3Oc3cc(O)ccc32)c2ccc(N=C=S)cc21.O=C1OC2(c3ccc(O)cc3Oc3cc(O)ccc32)c2ccc(N=C=S)cc21. The Bertz CT molecular complexity index is 2550. The Labute approximate surface area is 326 Å². The molecule has 0 unspecified atom stereocenters. The zero-order valence-electron chi connectivity index (χ0n) is 28.3. The van der Waals surface area contributed by atoms with E-state index in [1.807, 2.05) is 0 Å². The van der Waals surface area contributed by atoms with Gasteiger partial charge in [-0.25, -0.2) is 9.59 Å². The van der Waals surface area contributed by atoms with Crippen LogP contribution in [0.5, 0.6) is 46.0 Å². The zero-order valence-corrected chi connectivity index (χ0v) is 30.0. The number of fused-ring (bicyclic) bond motifs is 12. The molecule has 10 rings (SSSR count). The van der Waals surface area contributed by atoms with E-state index in [4.69, 9.17) is 18.9 Å². The summed E-state index contributed by atoms with van der Waals surface area (Å²) in [5, 5.41) is 44.2. The lowest BCUT2D eigenvalue weighted by molar-refractivity contribution is 0.0214. The lowest BCUT2D eigenvalue weighted by Gasteiger charge is -2.36. The van der Waals surface area contributed by atoms with Crippen molar-refractivity contribution in [2.24, 2.45) is 9.98 Å². The largest absolute Gasteiger partial charge is 0.508 e. The van der Waals surface area contributed by atoms with Gasteiger partial charge in [0.2, 0.25) is 0 Å². The molecule has 4 heterocycles. The molecule has 0 saturated heterocycles. The quantitative estimate of drug-likeness (QED) is 0.0748. The van der Waals surface area contributed by atoms with Crippen LogP contribution in [-0.4, -0.2) is 42.7 Å². The number of thiocarbonyl (C=S) groups is 2. The highest BCUT2D eigenvalue weighted by molar-refractivity contribution is 7.78. The van der Waals surface area contributed by atoms with Crippen LogP contribution in [0.15, 0.2) is 119 Å². The summed E-state index contributed by atoms with van der Waals surface area (Å²) < 4.78 is 23.7. The first-order valence-corrected chi connectivity index (χ1v) is 17.5. The predicted octanol–water partition coefficient (Wildman–Crippen LogP) is 8.80. The summed E-state index contributed by atoms with van der Waals surface area (Å²) in [5.41, 5.74) is 2.67. The molecule has 12 nitrogen and oxygen atoms in total. The second-order valence-corrected chi connectivity index (χ2v) is 13.3. The van der Waals surface area contributed by atoms with Crippen LogP contribution in [0.2, 0.25) is 0 Å². The molecule has 0 aliphatic carbocycles. The molecule has 2 spiro atoms. The fourth-order valence-corrected chi connectivity index (χ4v) is 7.84. The highest BCUT2D eigenvalue weighted by Crippen LogP contribution is 2.59. The number of esters is 2. The standard InChI is InChI=1S/2C21H11NO5S/c2*23-12-2-5-16-18(8-12)26-19-9-13(24)3-6-17(19)21(16)15-4-1-11(22-10-28)7-14(15)20(25)27-21/h2*1-9,23-24H. The third-order valence-electron chi connectivity index (χ3n) is 9.86. The fraction of sp³-hybridized carbons (Fsp3) is 0.0476. The minimum absolute atomic E-state index is 0.00715. The van der Waals surface area contributed by atoms with E-state index in [-0.39, 0.29) is 23.0 Å². The van der Waals surface area contributed by atoms with Crippen molar-refractivity contribution in [1.29, 1.82) is 0 Å². The highest BCUT2D eigenvalue weighted by Gasteiger charge is 2.55. The van der Waals surface area contributed by atoms with E-state index < -0.39 is 23.1 Å². The van der Waals surface area contributed by atoms with Crippen molar-refractivity contribution in [2.75, 3.05) is 0 Å². The Kier molecular flexibility index (Phi) is 7.76. The summed E-state index contributed by atoms with van der Waals surface area (Å²) in [6.07, 6.45) is 0. The van der Waals surface area contributed by atoms with Gasteiger partial charge in [-0.2, -0.15) is 9.98 Å². The molecular weight excluding hydrogens is 757 g/mol. The van der Waals surface area contributed by atoms with Gasteiger partial charge in [0.25, 0.3) is 0 Å². The number of hydrogen-bond acceptors (Lipinski definition) is 14. The number of rotatable bonds is 2. The minimum Gasteiger partial charge on any atom is -0.508 e. The number of hydrogen-bond donors (Lipinski definition) is 4. The smallest absolute Gasteiger partial charge is 0.340 e. The van der Waals surface area contributed by atoms with E-state index in [2.05, 4.69) is 44.7 Å². The molecule has 56 heavy (non-hydrogen) atoms. The lowest BCUT2D eigenvalue weighted by atomic mass is 9.77. The van der Waals surface area contributed by atoms with Crippen LogP contribution < -0.4 is 9.47 Å². The first kappa shape index (κ1) is 34.4. The maximum atomic E-state index is 12.8. The van der Waals surface area contributed by atoms with E-state index in [9.17, 15) is 30.0 Å². The number of aromatic hydroxyl groups is 4. The van der Waals surface area contributed by atoms with Crippen LogP contribution >= 0.6 is 24.4 Å². The number of carbonyl (C=O) groups is 2. The Morgan fingerprint density at radius 1 is 0.446 bits per heavy atom. The molecule has 4 aliphatic rings. The number of phenols is 4. The van der Waals surface area contributed by atoms with Crippen LogP contribution in [0.25, 0.3) is 0 Å². The number of benzene rings is 6. The average Bonchev–Trinajstić information content (AvgIpc) is 3.62. The van der Waals surface area contributed by atoms with E-state index in [0.29, 0.717) is 78.9 Å². The Morgan fingerprint density at radius 2 is 0.750 bits per heavy atom. The van der Waals surface area contributed by atoms with Crippen molar-refractivity contribution in [2.45, 2.75) is 11.2 Å². The number of aliphatic imine (C=N–C) groups is 2. The zero-order chi connectivity index (χ0) is 38.9. The van der Waals surface area contributed by atoms with Gasteiger partial charge in [0.05, 0.1) is 32.8 Å². The van der Waals surface area contributed by atoms with Gasteiger partial charge in [0.1, 0.15) is 46.0 Å². The van der Waals surface area contributed by atoms with Gasteiger partial charge in [-0.3, -0.25) is 0 Å². The van der Waals surface area contributed by atoms with Crippen molar-refractivity contribution in [1.82, 2.24) is 0 Å². The summed E-state index contributed by atoms with van der Waals surface area (Å²) in [6.45, 7) is 0. The third-order valence-corrected chi connectivity index (χ3v) is 10.0. The second kappa shape index (κ2) is 12.6. The summed E-state index contributed by atoms with van der Waals surface area (Å²) >= 11 is 9.28. The second-order valence-electron chi connectivity index (χ2n) is 12.9. The average molecular weight is 779 g/mol. The van der Waals surface area contributed by atoms with Gasteiger partial charge in [-0.1, -0.05) is 12.1 Å². The monoisotopic (exact) mass is 778 g/mol. The van der Waals surface area contributed by atoms with Crippen molar-refractivity contribution in [3.05, 3.63) is 154 Å². The molecule has 4 N–H and O–H groups in total. The molecule has 4 aliphatic heterocycles. The molecule has 0 amide bonds.